The summed E-state index contributed by atoms with van der Waals surface area (Å²) < 4.78 is 24.1. The predicted octanol–water partition coefficient (Wildman–Crippen LogP) is 1.36. The van der Waals surface area contributed by atoms with Crippen LogP contribution in [0.15, 0.2) is 24.3 Å². The molecule has 0 saturated carbocycles. The van der Waals surface area contributed by atoms with Crippen LogP contribution in [0.3, 0.4) is 0 Å². The van der Waals surface area contributed by atoms with Crippen molar-refractivity contribution in [2.75, 3.05) is 52.5 Å². The molecule has 0 spiro atoms. The van der Waals surface area contributed by atoms with Crippen LogP contribution in [0.2, 0.25) is 0 Å². The van der Waals surface area contributed by atoms with Gasteiger partial charge in [0, 0.05) is 39.3 Å². The molecule has 1 N–H and O–H groups in total. The zero-order chi connectivity index (χ0) is 16.8. The zero-order valence-electron chi connectivity index (χ0n) is 14.1. The molecule has 1 aromatic carbocycles. The minimum absolute atomic E-state index is 0.170. The van der Waals surface area contributed by atoms with Crippen molar-refractivity contribution in [3.8, 4) is 5.75 Å². The molecule has 2 fully saturated rings. The third-order valence-corrected chi connectivity index (χ3v) is 4.69. The highest BCUT2D eigenvalue weighted by Crippen LogP contribution is 2.19. The number of hydrogen-bond donors (Lipinski definition) is 1. The lowest BCUT2D eigenvalue weighted by Crippen LogP contribution is -2.47. The van der Waals surface area contributed by atoms with Gasteiger partial charge < -0.3 is 19.5 Å². The van der Waals surface area contributed by atoms with Crippen molar-refractivity contribution in [2.45, 2.75) is 25.0 Å². The van der Waals surface area contributed by atoms with Crippen molar-refractivity contribution in [1.82, 2.24) is 9.80 Å². The number of rotatable bonds is 6. The maximum atomic E-state index is 12.9. The summed E-state index contributed by atoms with van der Waals surface area (Å²) in [6.45, 7) is 6.61. The third-order valence-electron chi connectivity index (χ3n) is 4.69. The summed E-state index contributed by atoms with van der Waals surface area (Å²) in [6, 6.07) is 6.19. The number of halogens is 1. The molecule has 2 saturated heterocycles. The first-order valence-electron chi connectivity index (χ1n) is 8.82. The maximum absolute atomic E-state index is 12.9. The lowest BCUT2D eigenvalue weighted by Gasteiger charge is -2.35. The maximum Gasteiger partial charge on any atom is 0.123 e. The van der Waals surface area contributed by atoms with Gasteiger partial charge in [-0.25, -0.2) is 4.39 Å². The van der Waals surface area contributed by atoms with E-state index in [9.17, 15) is 9.50 Å². The fourth-order valence-corrected chi connectivity index (χ4v) is 3.35. The van der Waals surface area contributed by atoms with E-state index < -0.39 is 0 Å². The van der Waals surface area contributed by atoms with Crippen LogP contribution in [0.4, 0.5) is 4.39 Å². The van der Waals surface area contributed by atoms with Crippen molar-refractivity contribution in [3.05, 3.63) is 30.1 Å². The van der Waals surface area contributed by atoms with Gasteiger partial charge in [-0.15, -0.1) is 0 Å². The van der Waals surface area contributed by atoms with E-state index >= 15 is 0 Å². The summed E-state index contributed by atoms with van der Waals surface area (Å²) in [5.74, 6) is 0.480. The largest absolute Gasteiger partial charge is 0.490 e. The van der Waals surface area contributed by atoms with Gasteiger partial charge in [-0.1, -0.05) is 0 Å². The Kier molecular flexibility index (Phi) is 6.43. The van der Waals surface area contributed by atoms with E-state index in [1.165, 1.54) is 12.1 Å². The first-order chi connectivity index (χ1) is 11.7. The molecule has 5 nitrogen and oxygen atoms in total. The molecule has 6 heteroatoms. The monoisotopic (exact) mass is 338 g/mol. The van der Waals surface area contributed by atoms with Crippen molar-refractivity contribution < 1.29 is 19.0 Å². The molecule has 134 valence electrons. The number of β-amino-alcohol motifs (C(OH)–C–C–N with tert-alkyl or cyclic N) is 1. The number of likely N-dealkylation sites (tertiary alicyclic amines) is 1. The van der Waals surface area contributed by atoms with Crippen LogP contribution in [0.5, 0.6) is 5.75 Å². The van der Waals surface area contributed by atoms with Crippen molar-refractivity contribution in [3.63, 3.8) is 0 Å². The van der Waals surface area contributed by atoms with Gasteiger partial charge in [-0.3, -0.25) is 4.90 Å². The molecular weight excluding hydrogens is 311 g/mol. The third kappa shape index (κ3) is 5.41. The number of piperidine rings is 1. The second kappa shape index (κ2) is 8.76. The average molecular weight is 338 g/mol. The molecule has 2 aliphatic rings. The number of nitrogens with zero attached hydrogens (tertiary/aromatic N) is 2. The van der Waals surface area contributed by atoms with Gasteiger partial charge in [0.05, 0.1) is 19.3 Å². The van der Waals surface area contributed by atoms with Crippen molar-refractivity contribution in [2.24, 2.45) is 0 Å². The highest BCUT2D eigenvalue weighted by molar-refractivity contribution is 5.22. The second-order valence-corrected chi connectivity index (χ2v) is 6.64. The van der Waals surface area contributed by atoms with E-state index in [0.29, 0.717) is 6.54 Å². The molecule has 1 aromatic rings. The number of ether oxygens (including phenoxy) is 2. The number of aliphatic hydroxyl groups excluding tert-OH is 1. The standard InChI is InChI=1S/C18H27FN2O3/c19-15-1-3-17(4-2-15)24-18-5-7-20(8-6-18)13-16(22)14-21-9-11-23-12-10-21/h1-4,16,18,22H,5-14H2. The molecule has 0 amide bonds. The van der Waals surface area contributed by atoms with Crippen molar-refractivity contribution >= 4 is 0 Å². The van der Waals surface area contributed by atoms with Gasteiger partial charge >= 0.3 is 0 Å². The Morgan fingerprint density at radius 2 is 1.62 bits per heavy atom. The van der Waals surface area contributed by atoms with Gasteiger partial charge in [0.15, 0.2) is 0 Å². The van der Waals surface area contributed by atoms with Crippen LogP contribution in [0, 0.1) is 5.82 Å². The molecule has 0 radical (unpaired) electrons. The Labute approximate surface area is 143 Å². The second-order valence-electron chi connectivity index (χ2n) is 6.64. The SMILES string of the molecule is OC(CN1CCOCC1)CN1CCC(Oc2ccc(F)cc2)CC1. The highest BCUT2D eigenvalue weighted by atomic mass is 19.1. The molecule has 24 heavy (non-hydrogen) atoms. The summed E-state index contributed by atoms with van der Waals surface area (Å²) >= 11 is 0. The lowest BCUT2D eigenvalue weighted by atomic mass is 10.1. The topological polar surface area (TPSA) is 45.2 Å². The van der Waals surface area contributed by atoms with Crippen LogP contribution in [-0.2, 0) is 4.74 Å². The van der Waals surface area contributed by atoms with Gasteiger partial charge in [0.25, 0.3) is 0 Å². The number of benzene rings is 1. The number of aliphatic hydroxyl groups is 1. The lowest BCUT2D eigenvalue weighted by molar-refractivity contribution is 0.00148. The zero-order valence-corrected chi connectivity index (χ0v) is 14.1. The average Bonchev–Trinajstić information content (AvgIpc) is 2.59. The highest BCUT2D eigenvalue weighted by Gasteiger charge is 2.23. The summed E-state index contributed by atoms with van der Waals surface area (Å²) in [5.41, 5.74) is 0. The summed E-state index contributed by atoms with van der Waals surface area (Å²) in [7, 11) is 0. The number of hydrogen-bond acceptors (Lipinski definition) is 5. The van der Waals surface area contributed by atoms with E-state index in [2.05, 4.69) is 9.80 Å². The Hall–Kier alpha value is -1.21. The van der Waals surface area contributed by atoms with Gasteiger partial charge in [-0.05, 0) is 37.1 Å². The van der Waals surface area contributed by atoms with E-state index in [1.807, 2.05) is 0 Å². The quantitative estimate of drug-likeness (QED) is 0.849. The Bertz CT molecular complexity index is 486. The smallest absolute Gasteiger partial charge is 0.123 e. The van der Waals surface area contributed by atoms with E-state index in [0.717, 1.165) is 64.5 Å². The molecule has 1 unspecified atom stereocenters. The van der Waals surface area contributed by atoms with Crippen LogP contribution >= 0.6 is 0 Å². The van der Waals surface area contributed by atoms with E-state index in [4.69, 9.17) is 9.47 Å². The Morgan fingerprint density at radius 3 is 2.25 bits per heavy atom. The van der Waals surface area contributed by atoms with Gasteiger partial charge in [0.2, 0.25) is 0 Å². The van der Waals surface area contributed by atoms with Crippen molar-refractivity contribution in [1.29, 1.82) is 0 Å². The first kappa shape index (κ1) is 17.6. The molecule has 0 aromatic heterocycles. The van der Waals surface area contributed by atoms with Crippen LogP contribution in [-0.4, -0.2) is 79.6 Å². The molecule has 2 aliphatic heterocycles. The minimum atomic E-state index is -0.322. The Morgan fingerprint density at radius 1 is 1.04 bits per heavy atom. The van der Waals surface area contributed by atoms with Crippen LogP contribution in [0.1, 0.15) is 12.8 Å². The summed E-state index contributed by atoms with van der Waals surface area (Å²) in [5, 5.41) is 10.3. The predicted molar refractivity (Wildman–Crippen MR) is 89.8 cm³/mol. The fraction of sp³-hybridized carbons (Fsp3) is 0.667. The van der Waals surface area contributed by atoms with Gasteiger partial charge in [0.1, 0.15) is 17.7 Å². The molecule has 0 bridgehead atoms. The molecule has 3 rings (SSSR count). The molecular formula is C18H27FN2O3. The van der Waals surface area contributed by atoms with Crippen LogP contribution < -0.4 is 4.74 Å². The first-order valence-corrected chi connectivity index (χ1v) is 8.82. The number of morpholine rings is 1. The Balaban J connectivity index is 1.36. The fourth-order valence-electron chi connectivity index (χ4n) is 3.35. The normalized spacial score (nSPS) is 22.4. The van der Waals surface area contributed by atoms with Crippen LogP contribution in [0.25, 0.3) is 0 Å². The van der Waals surface area contributed by atoms with E-state index in [1.54, 1.807) is 12.1 Å². The minimum Gasteiger partial charge on any atom is -0.490 e. The van der Waals surface area contributed by atoms with Gasteiger partial charge in [-0.2, -0.15) is 0 Å². The molecule has 0 aliphatic carbocycles. The van der Waals surface area contributed by atoms with E-state index in [-0.39, 0.29) is 18.0 Å². The summed E-state index contributed by atoms with van der Waals surface area (Å²) in [4.78, 5) is 4.56. The molecule has 2 heterocycles. The summed E-state index contributed by atoms with van der Waals surface area (Å²) in [6.07, 6.45) is 1.71. The molecule has 1 atom stereocenters.